The van der Waals surface area contributed by atoms with E-state index < -0.39 is 0 Å². The summed E-state index contributed by atoms with van der Waals surface area (Å²) in [5.41, 5.74) is 4.99. The summed E-state index contributed by atoms with van der Waals surface area (Å²) in [6, 6.07) is 8.58. The number of benzene rings is 1. The Kier molecular flexibility index (Phi) is 6.96. The molecule has 0 aliphatic heterocycles. The Labute approximate surface area is 172 Å². The Balaban J connectivity index is 1.82. The number of carbonyl (C=O) groups excluding carboxylic acids is 1. The Morgan fingerprint density at radius 3 is 2.25 bits per heavy atom. The molecule has 1 aromatic carbocycles. The third-order valence-corrected chi connectivity index (χ3v) is 7.57. The van der Waals surface area contributed by atoms with E-state index in [2.05, 4.69) is 51.3 Å². The maximum Gasteiger partial charge on any atom is 0.132 e. The van der Waals surface area contributed by atoms with Crippen molar-refractivity contribution in [2.75, 3.05) is 0 Å². The fourth-order valence-electron chi connectivity index (χ4n) is 5.61. The summed E-state index contributed by atoms with van der Waals surface area (Å²) in [7, 11) is 0. The summed E-state index contributed by atoms with van der Waals surface area (Å²) in [4.78, 5) is 12.0. The number of hydrogen-bond acceptors (Lipinski definition) is 1. The van der Waals surface area contributed by atoms with Gasteiger partial charge < -0.3 is 0 Å². The van der Waals surface area contributed by atoms with Gasteiger partial charge in [0.05, 0.1) is 0 Å². The average Bonchev–Trinajstić information content (AvgIpc) is 2.70. The summed E-state index contributed by atoms with van der Waals surface area (Å²) in [5, 5.41) is 0. The molecule has 0 heterocycles. The quantitative estimate of drug-likeness (QED) is 0.478. The zero-order valence-corrected chi connectivity index (χ0v) is 18.2. The standard InChI is InChI=1S/C27H38O/c1-18(15-16-23-11-7-6-8-12-23)27-21(4)25-14-10-9-13-24(25)20(3)26(27)17-19(2)22(5)28/h9-10,13-14,18-19,23,26-27H,3-4,6-8,11-12,15-17H2,1-2,5H3. The van der Waals surface area contributed by atoms with Gasteiger partial charge in [-0.1, -0.05) is 89.8 Å². The van der Waals surface area contributed by atoms with Gasteiger partial charge in [0.25, 0.3) is 0 Å². The van der Waals surface area contributed by atoms with E-state index in [1.807, 2.05) is 0 Å². The first-order chi connectivity index (χ1) is 13.4. The highest BCUT2D eigenvalue weighted by Gasteiger charge is 2.38. The molecular formula is C27H38O. The zero-order chi connectivity index (χ0) is 20.3. The average molecular weight is 379 g/mol. The van der Waals surface area contributed by atoms with Crippen LogP contribution in [-0.4, -0.2) is 5.78 Å². The van der Waals surface area contributed by atoms with Crippen LogP contribution < -0.4 is 0 Å². The molecule has 0 aromatic heterocycles. The largest absolute Gasteiger partial charge is 0.300 e. The molecule has 4 unspecified atom stereocenters. The Morgan fingerprint density at radius 2 is 1.64 bits per heavy atom. The lowest BCUT2D eigenvalue weighted by Crippen LogP contribution is -2.31. The van der Waals surface area contributed by atoms with E-state index in [1.165, 1.54) is 67.2 Å². The Hall–Kier alpha value is -1.63. The molecule has 0 spiro atoms. The van der Waals surface area contributed by atoms with Crippen molar-refractivity contribution in [2.24, 2.45) is 29.6 Å². The van der Waals surface area contributed by atoms with Gasteiger partial charge in [-0.3, -0.25) is 4.79 Å². The van der Waals surface area contributed by atoms with Gasteiger partial charge in [0.1, 0.15) is 5.78 Å². The van der Waals surface area contributed by atoms with Crippen LogP contribution in [0.25, 0.3) is 11.1 Å². The molecule has 3 rings (SSSR count). The first-order valence-corrected chi connectivity index (χ1v) is 11.4. The van der Waals surface area contributed by atoms with Crippen LogP contribution >= 0.6 is 0 Å². The highest BCUT2D eigenvalue weighted by molar-refractivity contribution is 5.86. The third kappa shape index (κ3) is 4.50. The first kappa shape index (κ1) is 21.1. The fourth-order valence-corrected chi connectivity index (χ4v) is 5.61. The van der Waals surface area contributed by atoms with Gasteiger partial charge in [0.15, 0.2) is 0 Å². The number of Topliss-reactive ketones (excluding diaryl/α,β-unsaturated/α-hetero) is 1. The minimum Gasteiger partial charge on any atom is -0.300 e. The van der Waals surface area contributed by atoms with Crippen molar-refractivity contribution < 1.29 is 4.79 Å². The van der Waals surface area contributed by atoms with Gasteiger partial charge in [-0.05, 0) is 65.7 Å². The second-order valence-corrected chi connectivity index (χ2v) is 9.53. The molecule has 152 valence electrons. The molecule has 1 nitrogen and oxygen atoms in total. The lowest BCUT2D eigenvalue weighted by Gasteiger charge is -2.41. The Morgan fingerprint density at radius 1 is 1.04 bits per heavy atom. The van der Waals surface area contributed by atoms with Gasteiger partial charge in [-0.25, -0.2) is 0 Å². The monoisotopic (exact) mass is 378 g/mol. The van der Waals surface area contributed by atoms with Crippen molar-refractivity contribution in [1.82, 2.24) is 0 Å². The number of rotatable bonds is 7. The highest BCUT2D eigenvalue weighted by Crippen LogP contribution is 2.50. The van der Waals surface area contributed by atoms with E-state index in [-0.39, 0.29) is 11.7 Å². The van der Waals surface area contributed by atoms with Crippen LogP contribution in [0.15, 0.2) is 37.4 Å². The van der Waals surface area contributed by atoms with E-state index in [1.54, 1.807) is 6.92 Å². The first-order valence-electron chi connectivity index (χ1n) is 11.4. The van der Waals surface area contributed by atoms with Crippen LogP contribution in [-0.2, 0) is 4.79 Å². The van der Waals surface area contributed by atoms with Gasteiger partial charge in [0, 0.05) is 5.92 Å². The van der Waals surface area contributed by atoms with Crippen molar-refractivity contribution in [2.45, 2.75) is 72.1 Å². The van der Waals surface area contributed by atoms with Crippen LogP contribution in [0.3, 0.4) is 0 Å². The van der Waals surface area contributed by atoms with Crippen LogP contribution in [0.1, 0.15) is 83.3 Å². The molecule has 28 heavy (non-hydrogen) atoms. The predicted molar refractivity (Wildman–Crippen MR) is 121 cm³/mol. The lowest BCUT2D eigenvalue weighted by molar-refractivity contribution is -0.120. The van der Waals surface area contributed by atoms with Crippen molar-refractivity contribution in [3.05, 3.63) is 48.6 Å². The minimum absolute atomic E-state index is 0.0767. The summed E-state index contributed by atoms with van der Waals surface area (Å²) >= 11 is 0. The van der Waals surface area contributed by atoms with E-state index >= 15 is 0 Å². The van der Waals surface area contributed by atoms with Crippen molar-refractivity contribution >= 4 is 16.9 Å². The van der Waals surface area contributed by atoms with Crippen LogP contribution in [0.4, 0.5) is 0 Å². The van der Waals surface area contributed by atoms with Crippen LogP contribution in [0.5, 0.6) is 0 Å². The summed E-state index contributed by atoms with van der Waals surface area (Å²) in [5.74, 6) is 2.57. The van der Waals surface area contributed by atoms with Crippen LogP contribution in [0.2, 0.25) is 0 Å². The molecule has 0 amide bonds. The fraction of sp³-hybridized carbons (Fsp3) is 0.593. The van der Waals surface area contributed by atoms with Gasteiger partial charge in [-0.15, -0.1) is 0 Å². The molecule has 0 saturated heterocycles. The number of allylic oxidation sites excluding steroid dienone is 2. The highest BCUT2D eigenvalue weighted by atomic mass is 16.1. The van der Waals surface area contributed by atoms with Gasteiger partial charge in [0.2, 0.25) is 0 Å². The summed E-state index contributed by atoms with van der Waals surface area (Å²) in [6.07, 6.45) is 10.6. The van der Waals surface area contributed by atoms with Gasteiger partial charge >= 0.3 is 0 Å². The molecule has 1 fully saturated rings. The van der Waals surface area contributed by atoms with Crippen molar-refractivity contribution in [3.8, 4) is 0 Å². The zero-order valence-electron chi connectivity index (χ0n) is 18.2. The van der Waals surface area contributed by atoms with Gasteiger partial charge in [-0.2, -0.15) is 0 Å². The number of fused-ring (bicyclic) bond motifs is 1. The summed E-state index contributed by atoms with van der Waals surface area (Å²) in [6.45, 7) is 15.3. The number of carbonyl (C=O) groups is 1. The second kappa shape index (κ2) is 9.25. The van der Waals surface area contributed by atoms with E-state index in [0.717, 1.165) is 12.3 Å². The maximum absolute atomic E-state index is 12.0. The van der Waals surface area contributed by atoms with Crippen molar-refractivity contribution in [1.29, 1.82) is 0 Å². The molecule has 1 saturated carbocycles. The Bertz CT molecular complexity index is 722. The molecular weight excluding hydrogens is 340 g/mol. The smallest absolute Gasteiger partial charge is 0.132 e. The molecule has 1 aromatic rings. The molecule has 0 N–H and O–H groups in total. The molecule has 0 radical (unpaired) electrons. The molecule has 4 atom stereocenters. The predicted octanol–water partition coefficient (Wildman–Crippen LogP) is 7.57. The SMILES string of the molecule is C=C1c2ccccc2C(=C)C(C(C)CCC2CCCCC2)C1CC(C)C(C)=O. The van der Waals surface area contributed by atoms with E-state index in [9.17, 15) is 4.79 Å². The molecule has 1 heteroatoms. The number of ketones is 1. The topological polar surface area (TPSA) is 17.1 Å². The second-order valence-electron chi connectivity index (χ2n) is 9.53. The third-order valence-electron chi connectivity index (χ3n) is 7.57. The lowest BCUT2D eigenvalue weighted by atomic mass is 9.63. The maximum atomic E-state index is 12.0. The normalized spacial score (nSPS) is 25.2. The molecule has 0 bridgehead atoms. The van der Waals surface area contributed by atoms with Crippen molar-refractivity contribution in [3.63, 3.8) is 0 Å². The van der Waals surface area contributed by atoms with Crippen LogP contribution in [0, 0.1) is 29.6 Å². The summed E-state index contributed by atoms with van der Waals surface area (Å²) < 4.78 is 0. The molecule has 2 aliphatic carbocycles. The molecule has 2 aliphatic rings. The number of hydrogen-bond donors (Lipinski definition) is 0. The van der Waals surface area contributed by atoms with E-state index in [0.29, 0.717) is 17.8 Å². The minimum atomic E-state index is 0.0767. The van der Waals surface area contributed by atoms with E-state index in [4.69, 9.17) is 0 Å².